The van der Waals surface area contributed by atoms with Crippen LogP contribution < -0.4 is 0 Å². The molecule has 0 radical (unpaired) electrons. The summed E-state index contributed by atoms with van der Waals surface area (Å²) in [6, 6.07) is 0. The number of hydrogen-bond acceptors (Lipinski definition) is 8. The van der Waals surface area contributed by atoms with Gasteiger partial charge in [-0.05, 0) is 101 Å². The lowest BCUT2D eigenvalue weighted by molar-refractivity contribution is -0.160. The SMILES string of the molecule is CC(C)(O)CC[C@H]1OP(=O)(O)O[C@]1(C)[C@H]1CC[C@@]2(O)C3=CC(=O)[C@@H]4C[C@@H](O)[C@@H](O)C[C@]4(C)[C@H]3CC[C@]12C. The number of hydrogen-bond donors (Lipinski definition) is 5. The van der Waals surface area contributed by atoms with Gasteiger partial charge in [-0.3, -0.25) is 13.8 Å². The minimum atomic E-state index is -4.32. The molecule has 0 spiro atoms. The topological polar surface area (TPSA) is 154 Å². The molecular formula is C27H43O9P. The molecule has 0 aromatic carbocycles. The number of ketones is 1. The van der Waals surface area contributed by atoms with E-state index in [1.54, 1.807) is 26.8 Å². The minimum absolute atomic E-state index is 0.113. The number of rotatable bonds is 4. The number of allylic oxidation sites excluding steroid dienone is 1. The van der Waals surface area contributed by atoms with Crippen LogP contribution in [0, 0.1) is 28.6 Å². The molecule has 37 heavy (non-hydrogen) atoms. The molecule has 5 aliphatic rings. The zero-order chi connectivity index (χ0) is 27.4. The van der Waals surface area contributed by atoms with Gasteiger partial charge in [-0.2, -0.15) is 0 Å². The summed E-state index contributed by atoms with van der Waals surface area (Å²) >= 11 is 0. The lowest BCUT2D eigenvalue weighted by atomic mass is 9.45. The Bertz CT molecular complexity index is 1050. The Kier molecular flexibility index (Phi) is 6.36. The van der Waals surface area contributed by atoms with Crippen LogP contribution in [0.2, 0.25) is 0 Å². The van der Waals surface area contributed by atoms with E-state index in [-0.39, 0.29) is 24.0 Å². The monoisotopic (exact) mass is 542 g/mol. The molecule has 3 saturated carbocycles. The Labute approximate surface area is 218 Å². The first-order valence-corrected chi connectivity index (χ1v) is 15.1. The number of fused-ring (bicyclic) bond motifs is 5. The summed E-state index contributed by atoms with van der Waals surface area (Å²) in [6.45, 7) is 9.13. The first-order chi connectivity index (χ1) is 16.9. The third kappa shape index (κ3) is 4.07. The van der Waals surface area contributed by atoms with E-state index in [9.17, 15) is 34.7 Å². The van der Waals surface area contributed by atoms with E-state index in [0.717, 1.165) is 0 Å². The highest BCUT2D eigenvalue weighted by Crippen LogP contribution is 2.72. The molecule has 0 bridgehead atoms. The third-order valence-electron chi connectivity index (χ3n) is 11.0. The van der Waals surface area contributed by atoms with Crippen LogP contribution in [0.1, 0.15) is 86.0 Å². The fraction of sp³-hybridized carbons (Fsp3) is 0.889. The van der Waals surface area contributed by atoms with Crippen LogP contribution in [0.5, 0.6) is 0 Å². The lowest BCUT2D eigenvalue weighted by Gasteiger charge is -2.60. The van der Waals surface area contributed by atoms with Crippen molar-refractivity contribution >= 4 is 13.6 Å². The Morgan fingerprint density at radius 1 is 1.11 bits per heavy atom. The van der Waals surface area contributed by atoms with E-state index >= 15 is 0 Å². The minimum Gasteiger partial charge on any atom is -0.390 e. The van der Waals surface area contributed by atoms with Crippen LogP contribution in [-0.4, -0.2) is 66.2 Å². The molecule has 1 heterocycles. The van der Waals surface area contributed by atoms with E-state index in [0.29, 0.717) is 50.5 Å². The lowest BCUT2D eigenvalue weighted by Crippen LogP contribution is -2.62. The summed E-state index contributed by atoms with van der Waals surface area (Å²) in [7, 11) is -4.32. The fourth-order valence-corrected chi connectivity index (χ4v) is 10.4. The molecule has 0 amide bonds. The van der Waals surface area contributed by atoms with Gasteiger partial charge in [0.2, 0.25) is 0 Å². The standard InChI is InChI=1S/C27H43O9P/c1-23(2,31)9-8-22-26(5,36-37(33,34)35-22)21-7-11-27(32)16-12-18(28)17-13-19(29)20(30)14-24(17,3)15(16)6-10-25(21,27)4/h12,15,17,19-22,29-32H,6-11,13-14H2,1-5H3,(H,33,34)/t15-,17-,19+,20-,21-,22+,24+,25+,26+,27+/m0/s1. The van der Waals surface area contributed by atoms with Crippen LogP contribution in [0.15, 0.2) is 11.6 Å². The summed E-state index contributed by atoms with van der Waals surface area (Å²) in [4.78, 5) is 23.7. The average molecular weight is 543 g/mol. The summed E-state index contributed by atoms with van der Waals surface area (Å²) in [5.74, 6) is -0.963. The predicted octanol–water partition coefficient (Wildman–Crippen LogP) is 3.02. The first kappa shape index (κ1) is 27.9. The van der Waals surface area contributed by atoms with Crippen molar-refractivity contribution in [3.8, 4) is 0 Å². The maximum Gasteiger partial charge on any atom is 0.473 e. The van der Waals surface area contributed by atoms with Crippen molar-refractivity contribution in [2.24, 2.45) is 28.6 Å². The molecule has 1 aliphatic heterocycles. The molecule has 5 N–H and O–H groups in total. The summed E-state index contributed by atoms with van der Waals surface area (Å²) in [6.07, 6.45) is 2.38. The van der Waals surface area contributed by atoms with Gasteiger partial charge in [-0.15, -0.1) is 0 Å². The fourth-order valence-electron chi connectivity index (χ4n) is 9.00. The van der Waals surface area contributed by atoms with Crippen molar-refractivity contribution in [3.05, 3.63) is 11.6 Å². The predicted molar refractivity (Wildman–Crippen MR) is 134 cm³/mol. The molecule has 0 aromatic rings. The van der Waals surface area contributed by atoms with Gasteiger partial charge in [-0.25, -0.2) is 4.57 Å². The Balaban J connectivity index is 1.51. The molecule has 4 fully saturated rings. The first-order valence-electron chi connectivity index (χ1n) is 13.7. The molecule has 4 aliphatic carbocycles. The molecule has 9 nitrogen and oxygen atoms in total. The number of phosphoric ester groups is 1. The number of aliphatic hydroxyl groups excluding tert-OH is 2. The molecule has 10 heteroatoms. The molecular weight excluding hydrogens is 499 g/mol. The highest BCUT2D eigenvalue weighted by Gasteiger charge is 2.71. The Morgan fingerprint density at radius 2 is 1.78 bits per heavy atom. The molecule has 210 valence electrons. The van der Waals surface area contributed by atoms with Crippen LogP contribution in [0.4, 0.5) is 0 Å². The van der Waals surface area contributed by atoms with E-state index in [2.05, 4.69) is 0 Å². The second kappa shape index (κ2) is 8.43. The van der Waals surface area contributed by atoms with Gasteiger partial charge in [0.25, 0.3) is 0 Å². The van der Waals surface area contributed by atoms with E-state index in [1.807, 2.05) is 13.8 Å². The molecule has 1 saturated heterocycles. The van der Waals surface area contributed by atoms with Crippen LogP contribution >= 0.6 is 7.82 Å². The zero-order valence-corrected chi connectivity index (χ0v) is 23.4. The van der Waals surface area contributed by atoms with E-state index < -0.39 is 59.7 Å². The molecule has 1 unspecified atom stereocenters. The smallest absolute Gasteiger partial charge is 0.390 e. The van der Waals surface area contributed by atoms with E-state index in [1.165, 1.54) is 0 Å². The second-order valence-electron chi connectivity index (χ2n) is 13.8. The van der Waals surface area contributed by atoms with Gasteiger partial charge in [0.05, 0.1) is 29.5 Å². The van der Waals surface area contributed by atoms with Crippen molar-refractivity contribution in [3.63, 3.8) is 0 Å². The van der Waals surface area contributed by atoms with Gasteiger partial charge in [0.1, 0.15) is 5.60 Å². The zero-order valence-electron chi connectivity index (χ0n) is 22.5. The van der Waals surface area contributed by atoms with Gasteiger partial charge >= 0.3 is 7.82 Å². The van der Waals surface area contributed by atoms with E-state index in [4.69, 9.17) is 9.05 Å². The van der Waals surface area contributed by atoms with Gasteiger partial charge in [0, 0.05) is 11.3 Å². The Morgan fingerprint density at radius 3 is 2.43 bits per heavy atom. The van der Waals surface area contributed by atoms with Crippen LogP contribution in [0.3, 0.4) is 0 Å². The number of carbonyl (C=O) groups is 1. The maximum absolute atomic E-state index is 13.4. The van der Waals surface area contributed by atoms with Crippen molar-refractivity contribution in [1.82, 2.24) is 0 Å². The summed E-state index contributed by atoms with van der Waals surface area (Å²) < 4.78 is 24.0. The number of carbonyl (C=O) groups excluding carboxylic acids is 1. The molecule has 5 rings (SSSR count). The molecule has 11 atom stereocenters. The Hall–Kier alpha value is -0.640. The van der Waals surface area contributed by atoms with Crippen molar-refractivity contribution in [2.75, 3.05) is 0 Å². The maximum atomic E-state index is 13.4. The van der Waals surface area contributed by atoms with Gasteiger partial charge in [0.15, 0.2) is 5.78 Å². The number of aliphatic hydroxyl groups is 4. The highest BCUT2D eigenvalue weighted by molar-refractivity contribution is 7.47. The molecule has 0 aromatic heterocycles. The summed E-state index contributed by atoms with van der Waals surface area (Å²) in [5.41, 5.74) is -4.09. The van der Waals surface area contributed by atoms with Crippen molar-refractivity contribution in [1.29, 1.82) is 0 Å². The van der Waals surface area contributed by atoms with Crippen molar-refractivity contribution in [2.45, 2.75) is 121 Å². The van der Waals surface area contributed by atoms with Crippen molar-refractivity contribution < 1.29 is 43.7 Å². The third-order valence-corrected chi connectivity index (χ3v) is 12.2. The second-order valence-corrected chi connectivity index (χ2v) is 15.1. The quantitative estimate of drug-likeness (QED) is 0.337. The van der Waals surface area contributed by atoms with Crippen LogP contribution in [-0.2, 0) is 18.4 Å². The normalized spacial score (nSPS) is 53.9. The largest absolute Gasteiger partial charge is 0.473 e. The number of phosphoric acid groups is 1. The van der Waals surface area contributed by atoms with Crippen LogP contribution in [0.25, 0.3) is 0 Å². The van der Waals surface area contributed by atoms with Gasteiger partial charge in [-0.1, -0.05) is 13.8 Å². The highest BCUT2D eigenvalue weighted by atomic mass is 31.2. The summed E-state index contributed by atoms with van der Waals surface area (Å²) in [5, 5.41) is 43.5. The van der Waals surface area contributed by atoms with Gasteiger partial charge < -0.3 is 25.3 Å². The average Bonchev–Trinajstić information content (AvgIpc) is 3.17.